The van der Waals surface area contributed by atoms with Gasteiger partial charge in [-0.25, -0.2) is 15.0 Å². The summed E-state index contributed by atoms with van der Waals surface area (Å²) < 4.78 is 50.7. The van der Waals surface area contributed by atoms with Crippen molar-refractivity contribution < 1.29 is 11.3 Å². The number of para-hydroxylation sites is 3. The summed E-state index contributed by atoms with van der Waals surface area (Å²) in [6, 6.07) is 52.8. The van der Waals surface area contributed by atoms with Crippen molar-refractivity contribution in [3.8, 4) is 62.1 Å². The maximum atomic E-state index is 8.58. The molecule has 0 aliphatic rings. The molecule has 11 rings (SSSR count). The van der Waals surface area contributed by atoms with Crippen LogP contribution in [0.2, 0.25) is 0 Å². The molecule has 0 amide bonds. The number of hydrogen-bond donors (Lipinski definition) is 0. The van der Waals surface area contributed by atoms with E-state index in [1.165, 1.54) is 5.39 Å². The van der Waals surface area contributed by atoms with Crippen molar-refractivity contribution in [3.63, 3.8) is 0 Å². The molecule has 0 bridgehead atoms. The Balaban J connectivity index is 1.04. The number of benzene rings is 8. The molecule has 0 aliphatic carbocycles. The van der Waals surface area contributed by atoms with E-state index in [-0.39, 0.29) is 17.6 Å². The van der Waals surface area contributed by atoms with Gasteiger partial charge in [-0.1, -0.05) is 139 Å². The van der Waals surface area contributed by atoms with Crippen molar-refractivity contribution in [1.82, 2.24) is 19.5 Å². The largest absolute Gasteiger partial charge is 0.455 e. The molecule has 0 saturated heterocycles. The fourth-order valence-corrected chi connectivity index (χ4v) is 7.72. The lowest BCUT2D eigenvalue weighted by Crippen LogP contribution is -2.00. The van der Waals surface area contributed by atoms with Gasteiger partial charge >= 0.3 is 0 Å². The van der Waals surface area contributed by atoms with E-state index in [1.807, 2.05) is 54.6 Å². The SMILES string of the molecule is [2H]c1c([2H])c([2H])c(-c2cccc(-c3nc(-c4ccccc4)nc(-c4ccc5oc6c(-c7ccc8c(c7)c7ccccc7n8-c7ccccc7)cccc6c5c4)n3)c2)c([2H])c1[2H]. The van der Waals surface area contributed by atoms with E-state index in [9.17, 15) is 0 Å². The molecular formula is C51H32N4O. The number of fused-ring (bicyclic) bond motifs is 6. The van der Waals surface area contributed by atoms with Gasteiger partial charge in [-0.15, -0.1) is 0 Å². The van der Waals surface area contributed by atoms with Crippen LogP contribution in [-0.2, 0) is 0 Å². The highest BCUT2D eigenvalue weighted by Crippen LogP contribution is 2.40. The van der Waals surface area contributed by atoms with E-state index in [1.54, 1.807) is 18.2 Å². The number of aromatic nitrogens is 4. The molecule has 0 radical (unpaired) electrons. The fourth-order valence-electron chi connectivity index (χ4n) is 7.72. The summed E-state index contributed by atoms with van der Waals surface area (Å²) >= 11 is 0. The Labute approximate surface area is 329 Å². The first kappa shape index (κ1) is 27.0. The highest BCUT2D eigenvalue weighted by molar-refractivity contribution is 6.13. The molecule has 5 heteroatoms. The van der Waals surface area contributed by atoms with Gasteiger partial charge in [-0.05, 0) is 71.3 Å². The second-order valence-electron chi connectivity index (χ2n) is 13.7. The van der Waals surface area contributed by atoms with Gasteiger partial charge in [0.1, 0.15) is 11.2 Å². The summed E-state index contributed by atoms with van der Waals surface area (Å²) in [4.78, 5) is 14.9. The Kier molecular flexibility index (Phi) is 6.29. The summed E-state index contributed by atoms with van der Waals surface area (Å²) in [6.45, 7) is 0. The van der Waals surface area contributed by atoms with Crippen molar-refractivity contribution in [2.24, 2.45) is 0 Å². The molecule has 0 unspecified atom stereocenters. The van der Waals surface area contributed by atoms with Crippen LogP contribution in [0.1, 0.15) is 6.85 Å². The second kappa shape index (κ2) is 13.0. The summed E-state index contributed by atoms with van der Waals surface area (Å²) in [6.07, 6.45) is 0. The van der Waals surface area contributed by atoms with Crippen LogP contribution in [0.15, 0.2) is 198 Å². The first-order valence-electron chi connectivity index (χ1n) is 20.9. The lowest BCUT2D eigenvalue weighted by atomic mass is 10.00. The standard InChI is InChI=1S/C51H32N4O/c1-4-14-33(15-5-1)35-18-12-19-37(30-35)50-52-49(34-16-6-2-7-17-34)53-51(54-50)38-27-29-47-44(32-38)42-24-13-23-40(48(42)56-47)36-26-28-46-43(31-36)41-22-10-11-25-45(41)55(46)39-20-8-3-9-21-39/h1-32H/i1D,4D,5D,14D,15D. The molecule has 3 heterocycles. The Bertz CT molecular complexity index is 3520. The molecule has 0 fully saturated rings. The number of rotatable bonds is 6. The average molecular weight is 722 g/mol. The van der Waals surface area contributed by atoms with Crippen molar-refractivity contribution in [3.05, 3.63) is 194 Å². The van der Waals surface area contributed by atoms with E-state index in [2.05, 4.69) is 95.6 Å². The van der Waals surface area contributed by atoms with E-state index in [4.69, 9.17) is 26.2 Å². The molecule has 0 N–H and O–H groups in total. The smallest absolute Gasteiger partial charge is 0.164 e. The Morgan fingerprint density at radius 1 is 0.411 bits per heavy atom. The quantitative estimate of drug-likeness (QED) is 0.172. The highest BCUT2D eigenvalue weighted by atomic mass is 16.3. The first-order valence-corrected chi connectivity index (χ1v) is 18.4. The first-order chi connectivity index (χ1) is 29.8. The summed E-state index contributed by atoms with van der Waals surface area (Å²) in [5, 5.41) is 4.22. The molecule has 0 atom stereocenters. The highest BCUT2D eigenvalue weighted by Gasteiger charge is 2.18. The third-order valence-corrected chi connectivity index (χ3v) is 10.3. The molecule has 11 aromatic rings. The summed E-state index contributed by atoms with van der Waals surface area (Å²) in [5.41, 5.74) is 9.68. The van der Waals surface area contributed by atoms with Crippen LogP contribution in [0.5, 0.6) is 0 Å². The zero-order valence-electron chi connectivity index (χ0n) is 34.8. The van der Waals surface area contributed by atoms with Crippen LogP contribution >= 0.6 is 0 Å². The van der Waals surface area contributed by atoms with E-state index in [0.717, 1.165) is 66.3 Å². The minimum Gasteiger partial charge on any atom is -0.455 e. The maximum Gasteiger partial charge on any atom is 0.164 e. The van der Waals surface area contributed by atoms with Gasteiger partial charge in [-0.3, -0.25) is 0 Å². The van der Waals surface area contributed by atoms with Gasteiger partial charge in [0.15, 0.2) is 17.5 Å². The van der Waals surface area contributed by atoms with Gasteiger partial charge < -0.3 is 8.98 Å². The van der Waals surface area contributed by atoms with E-state index in [0.29, 0.717) is 28.6 Å². The average Bonchev–Trinajstić information content (AvgIpc) is 3.86. The number of furan rings is 1. The predicted octanol–water partition coefficient (Wildman–Crippen LogP) is 13.2. The molecule has 0 aliphatic heterocycles. The molecule has 5 nitrogen and oxygen atoms in total. The molecule has 3 aromatic heterocycles. The third kappa shape index (κ3) is 5.37. The zero-order chi connectivity index (χ0) is 41.4. The maximum absolute atomic E-state index is 8.58. The van der Waals surface area contributed by atoms with Crippen molar-refractivity contribution in [2.75, 3.05) is 0 Å². The van der Waals surface area contributed by atoms with Crippen LogP contribution in [0.4, 0.5) is 0 Å². The second-order valence-corrected chi connectivity index (χ2v) is 13.7. The van der Waals surface area contributed by atoms with Crippen LogP contribution in [0, 0.1) is 0 Å². The lowest BCUT2D eigenvalue weighted by Gasteiger charge is -2.10. The minimum absolute atomic E-state index is 0.112. The van der Waals surface area contributed by atoms with Crippen molar-refractivity contribution in [2.45, 2.75) is 0 Å². The summed E-state index contributed by atoms with van der Waals surface area (Å²) in [7, 11) is 0. The predicted molar refractivity (Wildman–Crippen MR) is 229 cm³/mol. The Hall–Kier alpha value is -7.63. The normalized spacial score (nSPS) is 12.8. The van der Waals surface area contributed by atoms with Gasteiger partial charge in [0.05, 0.1) is 17.9 Å². The van der Waals surface area contributed by atoms with Crippen LogP contribution in [-0.4, -0.2) is 19.5 Å². The van der Waals surface area contributed by atoms with Gasteiger partial charge in [-0.2, -0.15) is 0 Å². The van der Waals surface area contributed by atoms with E-state index >= 15 is 0 Å². The van der Waals surface area contributed by atoms with Crippen molar-refractivity contribution >= 4 is 43.7 Å². The third-order valence-electron chi connectivity index (χ3n) is 10.3. The molecule has 0 saturated carbocycles. The van der Waals surface area contributed by atoms with Gasteiger partial charge in [0, 0.05) is 49.5 Å². The van der Waals surface area contributed by atoms with Crippen LogP contribution in [0.25, 0.3) is 106 Å². The van der Waals surface area contributed by atoms with Gasteiger partial charge in [0.2, 0.25) is 0 Å². The Morgan fingerprint density at radius 2 is 1.02 bits per heavy atom. The lowest BCUT2D eigenvalue weighted by molar-refractivity contribution is 0.670. The zero-order valence-corrected chi connectivity index (χ0v) is 29.8. The number of hydrogen-bond acceptors (Lipinski definition) is 4. The molecule has 262 valence electrons. The summed E-state index contributed by atoms with van der Waals surface area (Å²) in [5.74, 6) is 1.29. The van der Waals surface area contributed by atoms with Crippen molar-refractivity contribution in [1.29, 1.82) is 0 Å². The number of nitrogens with zero attached hydrogens (tertiary/aromatic N) is 4. The van der Waals surface area contributed by atoms with Crippen LogP contribution in [0.3, 0.4) is 0 Å². The van der Waals surface area contributed by atoms with Crippen LogP contribution < -0.4 is 0 Å². The monoisotopic (exact) mass is 721 g/mol. The van der Waals surface area contributed by atoms with E-state index < -0.39 is 18.1 Å². The molecule has 0 spiro atoms. The Morgan fingerprint density at radius 3 is 1.84 bits per heavy atom. The molecular weight excluding hydrogens is 685 g/mol. The molecule has 8 aromatic carbocycles. The molecule has 56 heavy (non-hydrogen) atoms. The topological polar surface area (TPSA) is 56.7 Å². The van der Waals surface area contributed by atoms with Gasteiger partial charge in [0.25, 0.3) is 0 Å². The fraction of sp³-hybridized carbons (Fsp3) is 0. The minimum atomic E-state index is -0.437.